The molecule has 0 amide bonds. The number of hydrogen-bond acceptors (Lipinski definition) is 3. The van der Waals surface area contributed by atoms with E-state index in [0.29, 0.717) is 17.1 Å². The van der Waals surface area contributed by atoms with Crippen LogP contribution in [0, 0.1) is 16.0 Å². The van der Waals surface area contributed by atoms with Crippen molar-refractivity contribution in [2.75, 3.05) is 0 Å². The summed E-state index contributed by atoms with van der Waals surface area (Å²) >= 11 is 5.80. The summed E-state index contributed by atoms with van der Waals surface area (Å²) in [5.41, 5.74) is 1.38. The van der Waals surface area contributed by atoms with Gasteiger partial charge in [0, 0.05) is 29.0 Å². The van der Waals surface area contributed by atoms with Crippen molar-refractivity contribution in [3.63, 3.8) is 0 Å². The minimum atomic E-state index is -0.536. The van der Waals surface area contributed by atoms with Crippen LogP contribution >= 0.6 is 11.6 Å². The summed E-state index contributed by atoms with van der Waals surface area (Å²) in [6.07, 6.45) is 3.08. The van der Waals surface area contributed by atoms with E-state index >= 15 is 0 Å². The molecule has 1 N–H and O–H groups in total. The molecule has 0 aliphatic carbocycles. The third kappa shape index (κ3) is 3.62. The van der Waals surface area contributed by atoms with Gasteiger partial charge in [0.15, 0.2) is 0 Å². The van der Waals surface area contributed by atoms with E-state index in [2.05, 4.69) is 0 Å². The Hall–Kier alpha value is -1.85. The van der Waals surface area contributed by atoms with Crippen LogP contribution in [0.3, 0.4) is 0 Å². The Morgan fingerprint density at radius 2 is 2.10 bits per heavy atom. The second-order valence-electron chi connectivity index (χ2n) is 5.34. The highest BCUT2D eigenvalue weighted by Crippen LogP contribution is 2.26. The van der Waals surface area contributed by atoms with E-state index in [1.807, 2.05) is 30.7 Å². The molecule has 2 rings (SSSR count). The van der Waals surface area contributed by atoms with Crippen LogP contribution < -0.4 is 0 Å². The molecule has 6 heteroatoms. The van der Waals surface area contributed by atoms with Crippen LogP contribution in [0.4, 0.5) is 5.69 Å². The molecule has 1 aromatic heterocycles. The van der Waals surface area contributed by atoms with Crippen molar-refractivity contribution >= 4 is 17.3 Å². The second kappa shape index (κ2) is 6.28. The van der Waals surface area contributed by atoms with E-state index in [-0.39, 0.29) is 11.6 Å². The van der Waals surface area contributed by atoms with Crippen LogP contribution in [0.2, 0.25) is 5.02 Å². The van der Waals surface area contributed by atoms with Crippen molar-refractivity contribution in [1.29, 1.82) is 0 Å². The zero-order valence-corrected chi connectivity index (χ0v) is 12.6. The summed E-state index contributed by atoms with van der Waals surface area (Å²) in [6.45, 7) is 4.23. The predicted octanol–water partition coefficient (Wildman–Crippen LogP) is 3.79. The summed E-state index contributed by atoms with van der Waals surface area (Å²) in [6, 6.07) is 6.47. The van der Waals surface area contributed by atoms with Crippen molar-refractivity contribution in [2.45, 2.75) is 26.5 Å². The fraction of sp³-hybridized carbons (Fsp3) is 0.333. The highest BCUT2D eigenvalue weighted by atomic mass is 35.5. The smallest absolute Gasteiger partial charge is 0.275 e. The van der Waals surface area contributed by atoms with Gasteiger partial charge in [0.05, 0.1) is 17.6 Å². The average molecular weight is 309 g/mol. The van der Waals surface area contributed by atoms with E-state index < -0.39 is 11.0 Å². The summed E-state index contributed by atoms with van der Waals surface area (Å²) < 4.78 is 1.82. The van der Waals surface area contributed by atoms with Gasteiger partial charge >= 0.3 is 0 Å². The molecule has 21 heavy (non-hydrogen) atoms. The number of aliphatic hydroxyl groups is 1. The molecule has 0 fully saturated rings. The van der Waals surface area contributed by atoms with Crippen molar-refractivity contribution < 1.29 is 10.0 Å². The summed E-state index contributed by atoms with van der Waals surface area (Å²) in [5, 5.41) is 21.4. The fourth-order valence-corrected chi connectivity index (χ4v) is 2.32. The average Bonchev–Trinajstić information content (AvgIpc) is 2.88. The quantitative estimate of drug-likeness (QED) is 0.675. The number of aliphatic hydroxyl groups excluding tert-OH is 1. The molecule has 0 radical (unpaired) electrons. The molecular formula is C15H17ClN2O3. The summed E-state index contributed by atoms with van der Waals surface area (Å²) in [7, 11) is 0. The molecule has 0 saturated heterocycles. The molecule has 0 aliphatic rings. The molecule has 2 aromatic rings. The molecule has 0 aliphatic heterocycles. The van der Waals surface area contributed by atoms with Crippen LogP contribution in [0.5, 0.6) is 0 Å². The van der Waals surface area contributed by atoms with Gasteiger partial charge < -0.3 is 9.67 Å². The first-order valence-electron chi connectivity index (χ1n) is 6.65. The van der Waals surface area contributed by atoms with E-state index in [1.54, 1.807) is 18.3 Å². The first kappa shape index (κ1) is 15.5. The third-order valence-electron chi connectivity index (χ3n) is 3.34. The summed E-state index contributed by atoms with van der Waals surface area (Å²) in [4.78, 5) is 10.6. The van der Waals surface area contributed by atoms with E-state index in [0.717, 1.165) is 5.56 Å². The van der Waals surface area contributed by atoms with Gasteiger partial charge in [-0.1, -0.05) is 25.4 Å². The lowest BCUT2D eigenvalue weighted by molar-refractivity contribution is -0.385. The van der Waals surface area contributed by atoms with Gasteiger partial charge in [0.1, 0.15) is 0 Å². The van der Waals surface area contributed by atoms with Gasteiger partial charge in [-0.3, -0.25) is 10.1 Å². The number of nitro benzene ring substituents is 1. The van der Waals surface area contributed by atoms with Crippen molar-refractivity contribution in [1.82, 2.24) is 4.57 Å². The van der Waals surface area contributed by atoms with E-state index in [9.17, 15) is 15.2 Å². The number of nitro groups is 1. The maximum atomic E-state index is 11.1. The number of nitrogens with zero attached hydrogens (tertiary/aromatic N) is 2. The zero-order chi connectivity index (χ0) is 15.6. The first-order chi connectivity index (χ1) is 9.88. The molecule has 0 spiro atoms. The van der Waals surface area contributed by atoms with Crippen molar-refractivity contribution in [2.24, 2.45) is 5.92 Å². The Labute approximate surface area is 127 Å². The Morgan fingerprint density at radius 3 is 2.71 bits per heavy atom. The van der Waals surface area contributed by atoms with Crippen LogP contribution in [-0.4, -0.2) is 14.6 Å². The molecule has 1 heterocycles. The Balaban J connectivity index is 2.25. The molecule has 0 saturated carbocycles. The highest BCUT2D eigenvalue weighted by Gasteiger charge is 2.16. The molecule has 0 bridgehead atoms. The van der Waals surface area contributed by atoms with Gasteiger partial charge in [0.25, 0.3) is 5.69 Å². The monoisotopic (exact) mass is 308 g/mol. The molecule has 1 atom stereocenters. The molecule has 1 unspecified atom stereocenters. The Bertz CT molecular complexity index is 652. The minimum absolute atomic E-state index is 0.00200. The molecule has 112 valence electrons. The third-order valence-corrected chi connectivity index (χ3v) is 3.58. The number of halogens is 1. The lowest BCUT2D eigenvalue weighted by atomic mass is 10.0. The van der Waals surface area contributed by atoms with Crippen molar-refractivity contribution in [3.05, 3.63) is 62.9 Å². The van der Waals surface area contributed by atoms with Gasteiger partial charge in [-0.05, 0) is 29.7 Å². The number of rotatable bonds is 5. The van der Waals surface area contributed by atoms with Gasteiger partial charge in [-0.15, -0.1) is 0 Å². The molecule has 5 nitrogen and oxygen atoms in total. The zero-order valence-electron chi connectivity index (χ0n) is 11.9. The fourth-order valence-electron chi connectivity index (χ4n) is 2.15. The SMILES string of the molecule is CC(C)C(O)c1ccn(Cc2ccc(Cl)cc2[N+](=O)[O-])c1. The highest BCUT2D eigenvalue weighted by molar-refractivity contribution is 6.30. The van der Waals surface area contributed by atoms with Crippen LogP contribution in [-0.2, 0) is 6.54 Å². The minimum Gasteiger partial charge on any atom is -0.388 e. The standard InChI is InChI=1S/C15H17ClN2O3/c1-10(2)15(19)12-5-6-17(9-12)8-11-3-4-13(16)7-14(11)18(20)21/h3-7,9-10,15,19H,8H2,1-2H3. The number of benzene rings is 1. The van der Waals surface area contributed by atoms with Crippen LogP contribution in [0.25, 0.3) is 0 Å². The second-order valence-corrected chi connectivity index (χ2v) is 5.77. The van der Waals surface area contributed by atoms with Crippen molar-refractivity contribution in [3.8, 4) is 0 Å². The maximum Gasteiger partial charge on any atom is 0.275 e. The first-order valence-corrected chi connectivity index (χ1v) is 7.03. The normalized spacial score (nSPS) is 12.6. The number of aromatic nitrogens is 1. The lowest BCUT2D eigenvalue weighted by Crippen LogP contribution is -2.05. The lowest BCUT2D eigenvalue weighted by Gasteiger charge is -2.12. The van der Waals surface area contributed by atoms with Gasteiger partial charge in [0.2, 0.25) is 0 Å². The van der Waals surface area contributed by atoms with E-state index in [4.69, 9.17) is 11.6 Å². The topological polar surface area (TPSA) is 68.3 Å². The van der Waals surface area contributed by atoms with Gasteiger partial charge in [-0.25, -0.2) is 0 Å². The van der Waals surface area contributed by atoms with Crippen LogP contribution in [0.15, 0.2) is 36.7 Å². The molecular weight excluding hydrogens is 292 g/mol. The summed E-state index contributed by atoms with van der Waals surface area (Å²) in [5.74, 6) is 0.116. The predicted molar refractivity (Wildman–Crippen MR) is 81.4 cm³/mol. The maximum absolute atomic E-state index is 11.1. The van der Waals surface area contributed by atoms with Crippen LogP contribution in [0.1, 0.15) is 31.1 Å². The Kier molecular flexibility index (Phi) is 4.65. The molecule has 1 aromatic carbocycles. The van der Waals surface area contributed by atoms with Gasteiger partial charge in [-0.2, -0.15) is 0 Å². The number of hydrogen-bond donors (Lipinski definition) is 1. The van der Waals surface area contributed by atoms with E-state index in [1.165, 1.54) is 6.07 Å². The Morgan fingerprint density at radius 1 is 1.38 bits per heavy atom. The largest absolute Gasteiger partial charge is 0.388 e.